The predicted molar refractivity (Wildman–Crippen MR) is 88.5 cm³/mol. The molecule has 1 unspecified atom stereocenters. The van der Waals surface area contributed by atoms with E-state index in [1.54, 1.807) is 12.1 Å². The molecule has 1 aromatic carbocycles. The maximum atomic E-state index is 12.3. The highest BCUT2D eigenvalue weighted by Crippen LogP contribution is 2.25. The molecule has 134 valence electrons. The van der Waals surface area contributed by atoms with E-state index in [-0.39, 0.29) is 5.56 Å². The van der Waals surface area contributed by atoms with Crippen molar-refractivity contribution in [3.63, 3.8) is 0 Å². The van der Waals surface area contributed by atoms with E-state index in [9.17, 15) is 14.7 Å². The number of carboxylic acid groups (broad SMARTS) is 1. The first-order chi connectivity index (χ1) is 11.2. The fourth-order valence-electron chi connectivity index (χ4n) is 1.76. The number of carboxylic acids is 1. The van der Waals surface area contributed by atoms with E-state index < -0.39 is 24.0 Å². The Balaban J connectivity index is 2.87. The number of ether oxygens (including phenoxy) is 2. The predicted octanol–water partition coefficient (Wildman–Crippen LogP) is 1.69. The van der Waals surface area contributed by atoms with E-state index >= 15 is 0 Å². The van der Waals surface area contributed by atoms with E-state index in [0.717, 1.165) is 13.3 Å². The zero-order chi connectivity index (χ0) is 18.3. The van der Waals surface area contributed by atoms with Gasteiger partial charge in [-0.2, -0.15) is 0 Å². The van der Waals surface area contributed by atoms with Gasteiger partial charge in [-0.1, -0.05) is 13.8 Å². The van der Waals surface area contributed by atoms with Crippen LogP contribution in [-0.4, -0.2) is 48.0 Å². The van der Waals surface area contributed by atoms with Crippen molar-refractivity contribution in [2.75, 3.05) is 20.3 Å². The summed E-state index contributed by atoms with van der Waals surface area (Å²) < 4.78 is 10.8. The first kappa shape index (κ1) is 19.8. The molecule has 0 aliphatic heterocycles. The largest absolute Gasteiger partial charge is 0.497 e. The Kier molecular flexibility index (Phi) is 7.03. The molecule has 0 aromatic heterocycles. The second-order valence-corrected chi connectivity index (χ2v) is 6.15. The fourth-order valence-corrected chi connectivity index (χ4v) is 1.76. The molecule has 3 N–H and O–H groups in total. The summed E-state index contributed by atoms with van der Waals surface area (Å²) in [5.74, 6) is -0.589. The topological polar surface area (TPSA) is 105 Å². The standard InChI is InChI=1S/C17H25NO6/c1-11(2)7-8-24-14-9-12(23-4)5-6-13(14)15(19)18-10-17(3,22)16(20)21/h5-6,9,11,22H,7-8,10H2,1-4H3,(H,18,19)(H,20,21). The number of carbonyl (C=O) groups excluding carboxylic acids is 1. The lowest BCUT2D eigenvalue weighted by Gasteiger charge is -2.19. The number of aliphatic hydroxyl groups is 1. The normalized spacial score (nSPS) is 13.2. The molecule has 7 heteroatoms. The lowest BCUT2D eigenvalue weighted by atomic mass is 10.1. The molecule has 0 saturated heterocycles. The molecule has 24 heavy (non-hydrogen) atoms. The van der Waals surface area contributed by atoms with Crippen molar-refractivity contribution in [2.24, 2.45) is 5.92 Å². The second kappa shape index (κ2) is 8.54. The van der Waals surface area contributed by atoms with Gasteiger partial charge in [0.15, 0.2) is 5.60 Å². The Morgan fingerprint density at radius 1 is 1.33 bits per heavy atom. The minimum Gasteiger partial charge on any atom is -0.497 e. The fraction of sp³-hybridized carbons (Fsp3) is 0.529. The van der Waals surface area contributed by atoms with Crippen LogP contribution < -0.4 is 14.8 Å². The lowest BCUT2D eigenvalue weighted by Crippen LogP contribution is -2.46. The minimum atomic E-state index is -2.04. The number of amides is 1. The van der Waals surface area contributed by atoms with Gasteiger partial charge in [0.25, 0.3) is 5.91 Å². The van der Waals surface area contributed by atoms with Crippen LogP contribution in [0.4, 0.5) is 0 Å². The van der Waals surface area contributed by atoms with Gasteiger partial charge < -0.3 is 25.0 Å². The lowest BCUT2D eigenvalue weighted by molar-refractivity contribution is -0.155. The summed E-state index contributed by atoms with van der Waals surface area (Å²) in [4.78, 5) is 23.2. The van der Waals surface area contributed by atoms with Crippen LogP contribution in [-0.2, 0) is 4.79 Å². The number of nitrogens with one attached hydrogen (secondary N) is 1. The Hall–Kier alpha value is -2.28. The van der Waals surface area contributed by atoms with Crippen molar-refractivity contribution >= 4 is 11.9 Å². The molecule has 1 amide bonds. The SMILES string of the molecule is COc1ccc(C(=O)NCC(C)(O)C(=O)O)c(OCCC(C)C)c1. The summed E-state index contributed by atoms with van der Waals surface area (Å²) in [7, 11) is 1.51. The molecule has 1 rings (SSSR count). The van der Waals surface area contributed by atoms with E-state index in [1.807, 2.05) is 0 Å². The number of aliphatic carboxylic acids is 1. The molecule has 0 heterocycles. The first-order valence-electron chi connectivity index (χ1n) is 7.72. The van der Waals surface area contributed by atoms with Gasteiger partial charge >= 0.3 is 5.97 Å². The van der Waals surface area contributed by atoms with Crippen molar-refractivity contribution in [1.29, 1.82) is 0 Å². The van der Waals surface area contributed by atoms with E-state index in [1.165, 1.54) is 13.2 Å². The van der Waals surface area contributed by atoms with Crippen LogP contribution in [0.25, 0.3) is 0 Å². The third kappa shape index (κ3) is 5.73. The summed E-state index contributed by atoms with van der Waals surface area (Å²) in [6.45, 7) is 5.27. The molecular formula is C17H25NO6. The first-order valence-corrected chi connectivity index (χ1v) is 7.72. The molecule has 0 saturated carbocycles. The van der Waals surface area contributed by atoms with Crippen LogP contribution in [0.15, 0.2) is 18.2 Å². The van der Waals surface area contributed by atoms with Gasteiger partial charge in [-0.3, -0.25) is 4.79 Å². The highest BCUT2D eigenvalue weighted by Gasteiger charge is 2.30. The summed E-state index contributed by atoms with van der Waals surface area (Å²) in [5, 5.41) is 21.0. The molecular weight excluding hydrogens is 314 g/mol. The smallest absolute Gasteiger partial charge is 0.337 e. The molecule has 0 aliphatic rings. The molecule has 0 radical (unpaired) electrons. The van der Waals surface area contributed by atoms with Crippen LogP contribution in [0.2, 0.25) is 0 Å². The average Bonchev–Trinajstić information content (AvgIpc) is 2.52. The van der Waals surface area contributed by atoms with Gasteiger partial charge in [0, 0.05) is 6.07 Å². The molecule has 1 aromatic rings. The average molecular weight is 339 g/mol. The summed E-state index contributed by atoms with van der Waals surface area (Å²) in [5.41, 5.74) is -1.79. The van der Waals surface area contributed by atoms with Crippen LogP contribution in [0.1, 0.15) is 37.6 Å². The van der Waals surface area contributed by atoms with Gasteiger partial charge in [-0.25, -0.2) is 4.79 Å². The maximum Gasteiger partial charge on any atom is 0.337 e. The van der Waals surface area contributed by atoms with Crippen molar-refractivity contribution in [1.82, 2.24) is 5.32 Å². The third-order valence-corrected chi connectivity index (χ3v) is 3.44. The minimum absolute atomic E-state index is 0.251. The Morgan fingerprint density at radius 2 is 2.00 bits per heavy atom. The maximum absolute atomic E-state index is 12.3. The van der Waals surface area contributed by atoms with Crippen molar-refractivity contribution in [3.05, 3.63) is 23.8 Å². The third-order valence-electron chi connectivity index (χ3n) is 3.44. The number of rotatable bonds is 9. The second-order valence-electron chi connectivity index (χ2n) is 6.15. The quantitative estimate of drug-likeness (QED) is 0.632. The number of hydrogen-bond acceptors (Lipinski definition) is 5. The molecule has 7 nitrogen and oxygen atoms in total. The van der Waals surface area contributed by atoms with E-state index in [0.29, 0.717) is 24.0 Å². The van der Waals surface area contributed by atoms with Gasteiger partial charge in [0.1, 0.15) is 11.5 Å². The zero-order valence-corrected chi connectivity index (χ0v) is 14.5. The van der Waals surface area contributed by atoms with E-state index in [4.69, 9.17) is 14.6 Å². The monoisotopic (exact) mass is 339 g/mol. The van der Waals surface area contributed by atoms with Crippen molar-refractivity contribution < 1.29 is 29.3 Å². The molecule has 0 bridgehead atoms. The molecule has 0 aliphatic carbocycles. The van der Waals surface area contributed by atoms with Gasteiger partial charge in [-0.15, -0.1) is 0 Å². The Labute approximate surface area is 141 Å². The highest BCUT2D eigenvalue weighted by molar-refractivity contribution is 5.97. The van der Waals surface area contributed by atoms with Gasteiger partial charge in [0.2, 0.25) is 0 Å². The van der Waals surface area contributed by atoms with Crippen LogP contribution in [0.5, 0.6) is 11.5 Å². The summed E-state index contributed by atoms with van der Waals surface area (Å²) in [6, 6.07) is 4.75. The van der Waals surface area contributed by atoms with E-state index in [2.05, 4.69) is 19.2 Å². The number of benzene rings is 1. The van der Waals surface area contributed by atoms with Crippen molar-refractivity contribution in [3.8, 4) is 11.5 Å². The Morgan fingerprint density at radius 3 is 2.54 bits per heavy atom. The highest BCUT2D eigenvalue weighted by atomic mass is 16.5. The molecule has 0 spiro atoms. The van der Waals surface area contributed by atoms with Crippen LogP contribution in [0.3, 0.4) is 0 Å². The zero-order valence-electron chi connectivity index (χ0n) is 14.5. The summed E-state index contributed by atoms with van der Waals surface area (Å²) in [6.07, 6.45) is 0.825. The number of hydrogen-bond donors (Lipinski definition) is 3. The van der Waals surface area contributed by atoms with Gasteiger partial charge in [-0.05, 0) is 31.4 Å². The number of carbonyl (C=O) groups is 2. The van der Waals surface area contributed by atoms with Crippen LogP contribution in [0, 0.1) is 5.92 Å². The van der Waals surface area contributed by atoms with Crippen molar-refractivity contribution in [2.45, 2.75) is 32.8 Å². The molecule has 0 fully saturated rings. The Bertz CT molecular complexity index is 582. The van der Waals surface area contributed by atoms with Crippen LogP contribution >= 0.6 is 0 Å². The summed E-state index contributed by atoms with van der Waals surface area (Å²) >= 11 is 0. The molecule has 1 atom stereocenters. The number of methoxy groups -OCH3 is 1. The van der Waals surface area contributed by atoms with Gasteiger partial charge in [0.05, 0.1) is 25.8 Å².